The Morgan fingerprint density at radius 3 is 2.91 bits per heavy atom. The van der Waals surface area contributed by atoms with Crippen LogP contribution in [0, 0.1) is 11.8 Å². The van der Waals surface area contributed by atoms with Gasteiger partial charge in [0, 0.05) is 25.2 Å². The first-order chi connectivity index (χ1) is 11.3. The summed E-state index contributed by atoms with van der Waals surface area (Å²) in [6.07, 6.45) is 13.6. The molecule has 0 radical (unpaired) electrons. The number of piperidine rings is 3. The van der Waals surface area contributed by atoms with E-state index in [1.807, 2.05) is 0 Å². The lowest BCUT2D eigenvalue weighted by Gasteiger charge is -2.55. The lowest BCUT2D eigenvalue weighted by Crippen LogP contribution is -2.61. The van der Waals surface area contributed by atoms with Gasteiger partial charge in [-0.15, -0.1) is 0 Å². The smallest absolute Gasteiger partial charge is 0.169 e. The molecule has 23 heavy (non-hydrogen) atoms. The third kappa shape index (κ3) is 2.62. The van der Waals surface area contributed by atoms with Crippen molar-refractivity contribution in [1.82, 2.24) is 15.1 Å². The van der Waals surface area contributed by atoms with Crippen LogP contribution in [0.5, 0.6) is 0 Å². The molecule has 2 bridgehead atoms. The minimum Gasteiger partial charge on any atom is -0.360 e. The van der Waals surface area contributed by atoms with Gasteiger partial charge in [0.1, 0.15) is 0 Å². The Labute approximate surface area is 145 Å². The fraction of sp³-hybridized carbons (Fsp3) is 0.842. The van der Waals surface area contributed by atoms with Crippen LogP contribution in [0.2, 0.25) is 0 Å². The van der Waals surface area contributed by atoms with Gasteiger partial charge in [0.25, 0.3) is 0 Å². The fourth-order valence-corrected chi connectivity index (χ4v) is 6.06. The normalized spacial score (nSPS) is 40.0. The standard InChI is InChI=1S/C19H29N3S/c23-19(20-16-6-7-16)22-9-3-4-13-10-14-11-15(18(13)22)12-21-8-2-1-5-17(14)21/h10,14-18H,1-9,11-12H2,(H,20,23)/t14-,15+,17+,18+/m0/s1. The van der Waals surface area contributed by atoms with Gasteiger partial charge < -0.3 is 10.2 Å². The summed E-state index contributed by atoms with van der Waals surface area (Å²) < 4.78 is 0. The molecule has 0 unspecified atom stereocenters. The molecule has 3 heterocycles. The molecule has 1 saturated carbocycles. The van der Waals surface area contributed by atoms with Crippen LogP contribution in [0.4, 0.5) is 0 Å². The minimum atomic E-state index is 0.599. The minimum absolute atomic E-state index is 0.599. The van der Waals surface area contributed by atoms with Gasteiger partial charge in [-0.05, 0) is 75.5 Å². The molecule has 0 aromatic carbocycles. The summed E-state index contributed by atoms with van der Waals surface area (Å²) in [5.74, 6) is 1.62. The van der Waals surface area contributed by atoms with E-state index in [-0.39, 0.29) is 0 Å². The quantitative estimate of drug-likeness (QED) is 0.588. The van der Waals surface area contributed by atoms with Gasteiger partial charge in [-0.3, -0.25) is 4.90 Å². The molecule has 0 aromatic heterocycles. The van der Waals surface area contributed by atoms with Crippen LogP contribution in [0.3, 0.4) is 0 Å². The lowest BCUT2D eigenvalue weighted by atomic mass is 9.68. The molecular weight excluding hydrogens is 302 g/mol. The van der Waals surface area contributed by atoms with E-state index in [4.69, 9.17) is 12.2 Å². The van der Waals surface area contributed by atoms with Crippen LogP contribution in [-0.4, -0.2) is 52.7 Å². The van der Waals surface area contributed by atoms with Gasteiger partial charge in [-0.25, -0.2) is 0 Å². The van der Waals surface area contributed by atoms with E-state index in [1.165, 1.54) is 64.5 Å². The maximum Gasteiger partial charge on any atom is 0.169 e. The summed E-state index contributed by atoms with van der Waals surface area (Å²) in [7, 11) is 0. The van der Waals surface area contributed by atoms with E-state index in [9.17, 15) is 0 Å². The number of likely N-dealkylation sites (tertiary alicyclic amines) is 1. The van der Waals surface area contributed by atoms with Crippen molar-refractivity contribution >= 4 is 17.3 Å². The zero-order valence-corrected chi connectivity index (χ0v) is 14.9. The molecule has 0 aromatic rings. The Balaban J connectivity index is 1.41. The second kappa shape index (κ2) is 5.73. The van der Waals surface area contributed by atoms with Crippen LogP contribution in [0.1, 0.15) is 51.4 Å². The van der Waals surface area contributed by atoms with Crippen molar-refractivity contribution in [1.29, 1.82) is 0 Å². The number of nitrogens with one attached hydrogen (secondary N) is 1. The number of hydrogen-bond donors (Lipinski definition) is 1. The predicted molar refractivity (Wildman–Crippen MR) is 97.4 cm³/mol. The van der Waals surface area contributed by atoms with Gasteiger partial charge in [-0.1, -0.05) is 18.1 Å². The first-order valence-corrected chi connectivity index (χ1v) is 10.2. The average Bonchev–Trinajstić information content (AvgIpc) is 3.38. The first kappa shape index (κ1) is 14.7. The molecule has 2 aliphatic carbocycles. The number of hydrogen-bond acceptors (Lipinski definition) is 2. The van der Waals surface area contributed by atoms with Crippen molar-refractivity contribution in [3.8, 4) is 0 Å². The molecule has 3 aliphatic heterocycles. The highest BCUT2D eigenvalue weighted by atomic mass is 32.1. The Morgan fingerprint density at radius 1 is 1.13 bits per heavy atom. The summed E-state index contributed by atoms with van der Waals surface area (Å²) in [6, 6.07) is 2.12. The van der Waals surface area contributed by atoms with Crippen LogP contribution in [0.25, 0.3) is 0 Å². The summed E-state index contributed by atoms with van der Waals surface area (Å²) in [4.78, 5) is 5.38. The van der Waals surface area contributed by atoms with E-state index in [0.29, 0.717) is 12.1 Å². The molecule has 5 rings (SSSR count). The van der Waals surface area contributed by atoms with Gasteiger partial charge in [0.2, 0.25) is 0 Å². The number of nitrogens with zero attached hydrogens (tertiary/aromatic N) is 2. The lowest BCUT2D eigenvalue weighted by molar-refractivity contribution is 0.0127. The molecule has 1 N–H and O–H groups in total. The van der Waals surface area contributed by atoms with Crippen molar-refractivity contribution in [3.05, 3.63) is 11.6 Å². The van der Waals surface area contributed by atoms with Gasteiger partial charge in [0.15, 0.2) is 5.11 Å². The third-order valence-electron chi connectivity index (χ3n) is 6.82. The van der Waals surface area contributed by atoms with Crippen LogP contribution < -0.4 is 5.32 Å². The molecule has 3 saturated heterocycles. The summed E-state index contributed by atoms with van der Waals surface area (Å²) in [5, 5.41) is 4.65. The number of fused-ring (bicyclic) bond motifs is 6. The molecule has 5 aliphatic rings. The molecule has 126 valence electrons. The predicted octanol–water partition coefficient (Wildman–Crippen LogP) is 2.92. The number of thiocarbonyl (C=S) groups is 1. The van der Waals surface area contributed by atoms with Crippen molar-refractivity contribution in [2.45, 2.75) is 69.5 Å². The Kier molecular flexibility index (Phi) is 3.67. The summed E-state index contributed by atoms with van der Waals surface area (Å²) in [6.45, 7) is 3.80. The Hall–Kier alpha value is -0.610. The zero-order valence-electron chi connectivity index (χ0n) is 14.0. The van der Waals surface area contributed by atoms with Crippen molar-refractivity contribution in [2.75, 3.05) is 19.6 Å². The van der Waals surface area contributed by atoms with Crippen LogP contribution in [-0.2, 0) is 0 Å². The monoisotopic (exact) mass is 331 g/mol. The molecule has 3 nitrogen and oxygen atoms in total. The highest BCUT2D eigenvalue weighted by Gasteiger charge is 2.46. The SMILES string of the molecule is S=C(NC1CC1)N1CCCC2=C[C@H]3C[C@H](CN4CCCC[C@H]34)[C@@H]21. The van der Waals surface area contributed by atoms with E-state index >= 15 is 0 Å². The Morgan fingerprint density at radius 2 is 2.04 bits per heavy atom. The number of rotatable bonds is 1. The average molecular weight is 332 g/mol. The van der Waals surface area contributed by atoms with E-state index in [1.54, 1.807) is 5.57 Å². The van der Waals surface area contributed by atoms with Crippen LogP contribution in [0.15, 0.2) is 11.6 Å². The van der Waals surface area contributed by atoms with E-state index in [2.05, 4.69) is 21.2 Å². The summed E-state index contributed by atoms with van der Waals surface area (Å²) in [5.41, 5.74) is 1.72. The molecule has 0 spiro atoms. The molecule has 4 atom stereocenters. The van der Waals surface area contributed by atoms with Crippen molar-refractivity contribution in [3.63, 3.8) is 0 Å². The third-order valence-corrected chi connectivity index (χ3v) is 7.18. The molecule has 4 heteroatoms. The Bertz CT molecular complexity index is 527. The summed E-state index contributed by atoms with van der Waals surface area (Å²) >= 11 is 5.80. The molecule has 4 fully saturated rings. The first-order valence-electron chi connectivity index (χ1n) is 9.81. The van der Waals surface area contributed by atoms with E-state index in [0.717, 1.165) is 29.5 Å². The largest absolute Gasteiger partial charge is 0.360 e. The maximum absolute atomic E-state index is 5.80. The van der Waals surface area contributed by atoms with Crippen molar-refractivity contribution < 1.29 is 0 Å². The zero-order chi connectivity index (χ0) is 15.4. The molecule has 0 amide bonds. The van der Waals surface area contributed by atoms with Gasteiger partial charge >= 0.3 is 0 Å². The fourth-order valence-electron chi connectivity index (χ4n) is 5.69. The van der Waals surface area contributed by atoms with Gasteiger partial charge in [0.05, 0.1) is 6.04 Å². The van der Waals surface area contributed by atoms with Crippen LogP contribution >= 0.6 is 12.2 Å². The molecular formula is C19H29N3S. The topological polar surface area (TPSA) is 18.5 Å². The second-order valence-electron chi connectivity index (χ2n) is 8.42. The van der Waals surface area contributed by atoms with Gasteiger partial charge in [-0.2, -0.15) is 0 Å². The highest BCUT2D eigenvalue weighted by molar-refractivity contribution is 7.80. The van der Waals surface area contributed by atoms with E-state index < -0.39 is 0 Å². The highest BCUT2D eigenvalue weighted by Crippen LogP contribution is 2.45. The maximum atomic E-state index is 5.80. The second-order valence-corrected chi connectivity index (χ2v) is 8.81. The van der Waals surface area contributed by atoms with Crippen molar-refractivity contribution in [2.24, 2.45) is 11.8 Å².